The largest absolute Gasteiger partial charge is 0.481 e. The van der Waals surface area contributed by atoms with Crippen molar-refractivity contribution in [2.75, 3.05) is 31.1 Å². The number of alkyl halides is 1. The van der Waals surface area contributed by atoms with Crippen LogP contribution in [0, 0.1) is 11.3 Å². The molecule has 0 bridgehead atoms. The fourth-order valence-electron chi connectivity index (χ4n) is 14.5. The van der Waals surface area contributed by atoms with Crippen molar-refractivity contribution in [3.05, 3.63) is 231 Å². The smallest absolute Gasteiger partial charge is 0.303 e. The van der Waals surface area contributed by atoms with Crippen LogP contribution in [0.25, 0.3) is 0 Å². The Morgan fingerprint density at radius 2 is 0.448 bits per heavy atom. The van der Waals surface area contributed by atoms with Gasteiger partial charge in [-0.25, -0.2) is 8.42 Å². The summed E-state index contributed by atoms with van der Waals surface area (Å²) in [5.41, 5.74) is 0. The lowest BCUT2D eigenvalue weighted by Crippen LogP contribution is -2.03. The molecule has 0 rings (SSSR count). The molecule has 0 spiro atoms. The molecule has 145 heavy (non-hydrogen) atoms. The van der Waals surface area contributed by atoms with Crippen molar-refractivity contribution in [3.63, 3.8) is 0 Å². The molecule has 0 atom stereocenters. The zero-order valence-corrected chi connectivity index (χ0v) is 98.8. The van der Waals surface area contributed by atoms with Crippen molar-refractivity contribution in [1.29, 1.82) is 5.26 Å². The predicted molar refractivity (Wildman–Crippen MR) is 656 cm³/mol. The van der Waals surface area contributed by atoms with Crippen LogP contribution in [-0.4, -0.2) is 69.9 Å². The number of carboxylic acids is 1. The molecule has 0 fully saturated rings. The first-order chi connectivity index (χ1) is 70.4. The highest BCUT2D eigenvalue weighted by Crippen LogP contribution is 2.18. The molecule has 0 saturated carbocycles. The highest BCUT2D eigenvalue weighted by Gasteiger charge is 2.05. The molecule has 0 aliphatic carbocycles. The Kier molecular flexibility index (Phi) is 159. The van der Waals surface area contributed by atoms with Gasteiger partial charge in [0.2, 0.25) is 9.05 Å². The van der Waals surface area contributed by atoms with Crippen LogP contribution < -0.4 is 0 Å². The number of nitriles is 1. The highest BCUT2D eigenvalue weighted by molar-refractivity contribution is 9.09. The molecule has 2 N–H and O–H groups in total. The molecular formula is C131H231BrClNO9S2. The van der Waals surface area contributed by atoms with Crippen LogP contribution in [-0.2, 0) is 32.9 Å². The third-order valence-electron chi connectivity index (χ3n) is 23.0. The number of carbonyl (C=O) groups excluding carboxylic acids is 1. The molecular weight excluding hydrogens is 1910 g/mol. The van der Waals surface area contributed by atoms with Crippen LogP contribution >= 0.6 is 26.6 Å². The topological polar surface area (TPSA) is 176 Å². The Morgan fingerprint density at radius 3 is 0.648 bits per heavy atom. The summed E-state index contributed by atoms with van der Waals surface area (Å²) in [6, 6.07) is 2.20. The van der Waals surface area contributed by atoms with Gasteiger partial charge in [0, 0.05) is 48.3 Å². The Labute approximate surface area is 915 Å². The van der Waals surface area contributed by atoms with E-state index in [4.69, 9.17) is 19.7 Å². The molecule has 0 aromatic carbocycles. The van der Waals surface area contributed by atoms with E-state index in [1.807, 2.05) is 0 Å². The summed E-state index contributed by atoms with van der Waals surface area (Å²) >= 11 is 3.47. The summed E-state index contributed by atoms with van der Waals surface area (Å²) in [6.07, 6.45) is 178. The van der Waals surface area contributed by atoms with Gasteiger partial charge < -0.3 is 10.2 Å². The molecule has 10 nitrogen and oxygen atoms in total. The van der Waals surface area contributed by atoms with Gasteiger partial charge in [-0.2, -0.15) is 13.7 Å². The van der Waals surface area contributed by atoms with Crippen molar-refractivity contribution in [1.82, 2.24) is 0 Å². The van der Waals surface area contributed by atoms with Gasteiger partial charge in [-0.15, -0.1) is 0 Å². The van der Waals surface area contributed by atoms with Crippen molar-refractivity contribution in [3.8, 4) is 6.07 Å². The number of hydrogen-bond donors (Lipinski definition) is 2. The van der Waals surface area contributed by atoms with E-state index in [1.54, 1.807) is 0 Å². The molecule has 0 aliphatic rings. The van der Waals surface area contributed by atoms with E-state index < -0.39 is 25.1 Å². The van der Waals surface area contributed by atoms with Crippen LogP contribution in [0.5, 0.6) is 0 Å². The van der Waals surface area contributed by atoms with Crippen molar-refractivity contribution in [2.24, 2.45) is 0 Å². The fourth-order valence-corrected chi connectivity index (χ4v) is 15.4. The fraction of sp³-hybridized carbons (Fsp3) is 0.687. The second-order valence-electron chi connectivity index (χ2n) is 37.5. The number of carbonyl (C=O) groups is 2. The summed E-state index contributed by atoms with van der Waals surface area (Å²) in [5.74, 6) is -0.179. The summed E-state index contributed by atoms with van der Waals surface area (Å²) in [7, 11) is -1.95. The maximum Gasteiger partial charge on any atom is 0.303 e. The highest BCUT2D eigenvalue weighted by atomic mass is 79.9. The van der Waals surface area contributed by atoms with Gasteiger partial charge in [-0.05, 0) is 270 Å². The number of allylic oxidation sites excluding steroid dienone is 38. The Bertz CT molecular complexity index is 3380. The van der Waals surface area contributed by atoms with Crippen LogP contribution in [0.15, 0.2) is 231 Å². The normalized spacial score (nSPS) is 12.2. The quantitative estimate of drug-likeness (QED) is 0.0196. The van der Waals surface area contributed by atoms with Crippen LogP contribution in [0.4, 0.5) is 0 Å². The maximum absolute atomic E-state index is 12.1. The second kappa shape index (κ2) is 149. The Morgan fingerprint density at radius 1 is 0.269 bits per heavy atom. The van der Waals surface area contributed by atoms with E-state index >= 15 is 0 Å². The van der Waals surface area contributed by atoms with Gasteiger partial charge in [0.25, 0.3) is 10.1 Å². The van der Waals surface area contributed by atoms with E-state index in [2.05, 4.69) is 312 Å². The minimum atomic E-state index is -3.26. The van der Waals surface area contributed by atoms with E-state index in [0.717, 1.165) is 223 Å². The Hall–Kier alpha value is -5.72. The van der Waals surface area contributed by atoms with Crippen molar-refractivity contribution >= 4 is 57.5 Å². The molecule has 0 saturated heterocycles. The summed E-state index contributed by atoms with van der Waals surface area (Å²) < 4.78 is 45.0. The van der Waals surface area contributed by atoms with Gasteiger partial charge >= 0.3 is 5.97 Å². The monoisotopic (exact) mass is 2140 g/mol. The third-order valence-corrected chi connectivity index (χ3v) is 24.1. The molecule has 0 aliphatic heterocycles. The maximum atomic E-state index is 12.1. The van der Waals surface area contributed by atoms with Gasteiger partial charge in [0.05, 0.1) is 25.2 Å². The summed E-state index contributed by atoms with van der Waals surface area (Å²) in [4.78, 5) is 22.4. The van der Waals surface area contributed by atoms with Gasteiger partial charge in [-0.3, -0.25) is 13.8 Å². The predicted octanol–water partition coefficient (Wildman–Crippen LogP) is 44.0. The number of aliphatic hydroxyl groups is 1. The van der Waals surface area contributed by atoms with E-state index in [1.165, 1.54) is 283 Å². The molecule has 0 heterocycles. The molecule has 0 unspecified atom stereocenters. The number of carboxylic acid groups (broad SMARTS) is 1. The van der Waals surface area contributed by atoms with Crippen LogP contribution in [0.3, 0.4) is 0 Å². The minimum Gasteiger partial charge on any atom is -0.481 e. The molecule has 840 valence electrons. The first-order valence-electron chi connectivity index (χ1n) is 58.7. The van der Waals surface area contributed by atoms with E-state index in [9.17, 15) is 26.4 Å². The third kappa shape index (κ3) is 190. The number of halogens is 2. The number of nitrogens with zero attached hydrogens (tertiary/aromatic N) is 1. The minimum absolute atomic E-state index is 0. The number of unbranched alkanes of at least 4 members (excludes halogenated alkanes) is 48. The lowest BCUT2D eigenvalue weighted by atomic mass is 10.0. The van der Waals surface area contributed by atoms with Gasteiger partial charge in [-0.1, -0.05) is 502 Å². The van der Waals surface area contributed by atoms with Crippen molar-refractivity contribution < 1.29 is 40.8 Å². The Balaban J connectivity index is -0.000000261. The second-order valence-corrected chi connectivity index (χ2v) is 43.0. The zero-order chi connectivity index (χ0) is 107. The number of ketones is 1. The zero-order valence-electron chi connectivity index (χ0n) is 94.8. The van der Waals surface area contributed by atoms with E-state index in [0.29, 0.717) is 25.4 Å². The van der Waals surface area contributed by atoms with Crippen LogP contribution in [0.1, 0.15) is 550 Å². The summed E-state index contributed by atoms with van der Waals surface area (Å²) in [5, 5.41) is 26.7. The first-order valence-corrected chi connectivity index (χ1v) is 64.4. The molecule has 14 heteroatoms. The standard InChI is InChI=1S/C37H64O.C19H33N.C19H34O3S.C18H31Br.C18H30O2.C18H32O.CH3ClO2S.CH4/c1-3-5-7-9-11-13-15-17-19-21-23-25-27-29-31-33-35-37(38)36-34-32-30-28-26-24-22-20-18-16-14-12-10-8-6-4-2;1-2-3-4-5-6-7-8-9-10-11-12-13-14-15-16-17-18-19-20;1-3-4-5-6-7-8-9-10-11-12-13-14-15-16-17-18-19-22-23(2,20)21;1-2-3-4-5-6-7-8-9-10-11-12-13-14-15-16-17-18-19;1-2-3-4-5-6-7-8-9-10-11-12-13-14-15-16-17-18(19)20;1-2-3-4-5-6-7-8-9-10-11-12-13-14-15-16-17-18-19;1-5(2,3)4;/h5,7,11-14,17-20H,3-4,6,8-10,15-16,21-36H2,1-2H3;6-7,9-10H,2-5,8,11-18H2,1H3;4-5,7-8,10-11H,3,6,9,12-19H2,1-2H3;3-4,6-7,9-10H,2,5,8,11-18H2,1H3;3-4,6-7,9-10H,2,5,8,11-17H2,1H3,(H,19,20);3-4,6-7,9-10,19H,2,5,8,11-18H2,1H3;1H3;1H4/b7-5-,13-11-,14-12-,19-17-,20-18-;7-6-,10-9-;5-4-,8-7-,11-10-;3*4-3-,7-6-,10-9-;;. The lowest BCUT2D eigenvalue weighted by molar-refractivity contribution is -0.137. The number of hydrogen-bond acceptors (Lipinski definition) is 9. The first kappa shape index (κ1) is 155. The SMILES string of the molecule is C.CC/C=C\C/C=C\C/C=C\CCCCCCCC(=O)O.CC/C=C\C/C=C\C/C=C\CCCCCCCCBr.CC/C=C\C/C=C\C/C=C\CCCCCCCCC(=O)CCCCCCCC/C=C\C/C=C\CCCCC.CC/C=C\C/C=C\C/C=C\CCCCCCCCO.CC/C=C\C/C=C\C/C=C\CCCCCCCCOS(C)(=O)=O.CCCCC/C=C\C/C=C\CCCCCCCCC#N.CS(=O)(=O)Cl. The molecule has 0 aromatic heterocycles. The number of rotatable bonds is 97. The number of Topliss-reactive ketones (excluding diaryl/α,β-unsaturated/α-hetero) is 1. The lowest BCUT2D eigenvalue weighted by Gasteiger charge is -2.03. The average molecular weight is 2140 g/mol. The van der Waals surface area contributed by atoms with Gasteiger partial charge in [0.1, 0.15) is 5.78 Å². The molecule has 0 aromatic rings. The van der Waals surface area contributed by atoms with Crippen LogP contribution in [0.2, 0.25) is 0 Å². The van der Waals surface area contributed by atoms with E-state index in [-0.39, 0.29) is 7.43 Å². The summed E-state index contributed by atoms with van der Waals surface area (Å²) in [6.45, 7) is 16.0. The molecule has 0 radical (unpaired) electrons. The number of aliphatic hydroxyl groups excluding tert-OH is 1. The van der Waals surface area contributed by atoms with Crippen molar-refractivity contribution in [2.45, 2.75) is 550 Å². The number of aliphatic carboxylic acids is 1. The van der Waals surface area contributed by atoms with Gasteiger partial charge in [0.15, 0.2) is 0 Å². The average Bonchev–Trinajstić information content (AvgIpc) is 0.991. The molecule has 0 amide bonds.